The van der Waals surface area contributed by atoms with Crippen LogP contribution in [-0.2, 0) is 11.3 Å². The molecule has 1 rings (SSSR count). The molecule has 0 aromatic heterocycles. The van der Waals surface area contributed by atoms with Crippen molar-refractivity contribution in [1.29, 1.82) is 0 Å². The predicted molar refractivity (Wildman–Crippen MR) is 59.1 cm³/mol. The van der Waals surface area contributed by atoms with Crippen molar-refractivity contribution in [3.63, 3.8) is 0 Å². The number of halogens is 2. The predicted octanol–water partition coefficient (Wildman–Crippen LogP) is 2.34. The normalized spacial score (nSPS) is 12.8. The standard InChI is InChI=1S/C12H17F2NO/c1-9(8-16-2)6-15-7-10-11(13)4-3-5-12(10)14/h3-5,9,15H,6-8H2,1-2H3. The van der Waals surface area contributed by atoms with Gasteiger partial charge in [0.05, 0.1) is 0 Å². The van der Waals surface area contributed by atoms with Crippen molar-refractivity contribution in [2.45, 2.75) is 13.5 Å². The van der Waals surface area contributed by atoms with Crippen LogP contribution in [0, 0.1) is 17.6 Å². The van der Waals surface area contributed by atoms with Gasteiger partial charge in [0.1, 0.15) is 11.6 Å². The van der Waals surface area contributed by atoms with E-state index < -0.39 is 11.6 Å². The molecule has 0 fully saturated rings. The molecule has 4 heteroatoms. The summed E-state index contributed by atoms with van der Waals surface area (Å²) in [6.07, 6.45) is 0. The molecule has 2 nitrogen and oxygen atoms in total. The summed E-state index contributed by atoms with van der Waals surface area (Å²) in [6.45, 7) is 3.51. The highest BCUT2D eigenvalue weighted by molar-refractivity contribution is 5.19. The van der Waals surface area contributed by atoms with Gasteiger partial charge < -0.3 is 10.1 Å². The third kappa shape index (κ3) is 3.87. The molecule has 0 aliphatic rings. The fourth-order valence-corrected chi connectivity index (χ4v) is 1.49. The van der Waals surface area contributed by atoms with Crippen LogP contribution in [0.3, 0.4) is 0 Å². The van der Waals surface area contributed by atoms with Crippen LogP contribution in [0.25, 0.3) is 0 Å². The summed E-state index contributed by atoms with van der Waals surface area (Å²) in [4.78, 5) is 0. The maximum Gasteiger partial charge on any atom is 0.130 e. The molecular weight excluding hydrogens is 212 g/mol. The average Bonchev–Trinajstić information content (AvgIpc) is 2.23. The average molecular weight is 229 g/mol. The Hall–Kier alpha value is -1.00. The lowest BCUT2D eigenvalue weighted by Gasteiger charge is -2.12. The number of nitrogens with one attached hydrogen (secondary N) is 1. The zero-order chi connectivity index (χ0) is 12.0. The molecule has 1 unspecified atom stereocenters. The van der Waals surface area contributed by atoms with E-state index >= 15 is 0 Å². The van der Waals surface area contributed by atoms with Gasteiger partial charge in [0.15, 0.2) is 0 Å². The molecule has 0 bridgehead atoms. The largest absolute Gasteiger partial charge is 0.384 e. The molecule has 0 saturated carbocycles. The highest BCUT2D eigenvalue weighted by atomic mass is 19.1. The zero-order valence-electron chi connectivity index (χ0n) is 9.59. The van der Waals surface area contributed by atoms with Crippen LogP contribution in [-0.4, -0.2) is 20.3 Å². The molecule has 16 heavy (non-hydrogen) atoms. The van der Waals surface area contributed by atoms with Gasteiger partial charge in [-0.05, 0) is 18.1 Å². The monoisotopic (exact) mass is 229 g/mol. The number of rotatable bonds is 6. The second kappa shape index (κ2) is 6.55. The van der Waals surface area contributed by atoms with E-state index in [0.29, 0.717) is 19.1 Å². The number of methoxy groups -OCH3 is 1. The van der Waals surface area contributed by atoms with E-state index in [1.165, 1.54) is 18.2 Å². The van der Waals surface area contributed by atoms with Gasteiger partial charge in [0, 0.05) is 32.4 Å². The molecule has 0 saturated heterocycles. The van der Waals surface area contributed by atoms with Crippen molar-refractivity contribution in [2.24, 2.45) is 5.92 Å². The van der Waals surface area contributed by atoms with Gasteiger partial charge in [-0.15, -0.1) is 0 Å². The van der Waals surface area contributed by atoms with Crippen LogP contribution in [0.4, 0.5) is 8.78 Å². The van der Waals surface area contributed by atoms with Crippen molar-refractivity contribution < 1.29 is 13.5 Å². The minimum atomic E-state index is -0.508. The molecule has 1 aromatic carbocycles. The summed E-state index contributed by atoms with van der Waals surface area (Å²) < 4.78 is 31.4. The Labute approximate surface area is 94.6 Å². The van der Waals surface area contributed by atoms with E-state index in [-0.39, 0.29) is 12.1 Å². The molecule has 90 valence electrons. The van der Waals surface area contributed by atoms with Gasteiger partial charge >= 0.3 is 0 Å². The van der Waals surface area contributed by atoms with Gasteiger partial charge in [0.25, 0.3) is 0 Å². The van der Waals surface area contributed by atoms with Crippen LogP contribution < -0.4 is 5.32 Å². The Morgan fingerprint density at radius 1 is 1.31 bits per heavy atom. The van der Waals surface area contributed by atoms with Gasteiger partial charge in [-0.25, -0.2) is 8.78 Å². The zero-order valence-corrected chi connectivity index (χ0v) is 9.59. The minimum Gasteiger partial charge on any atom is -0.384 e. The third-order valence-electron chi connectivity index (χ3n) is 2.31. The Morgan fingerprint density at radius 2 is 1.94 bits per heavy atom. The van der Waals surface area contributed by atoms with Gasteiger partial charge in [-0.1, -0.05) is 13.0 Å². The lowest BCUT2D eigenvalue weighted by atomic mass is 10.1. The second-order valence-electron chi connectivity index (χ2n) is 3.89. The molecule has 0 amide bonds. The lowest BCUT2D eigenvalue weighted by molar-refractivity contribution is 0.158. The Bertz CT molecular complexity index is 311. The number of hydrogen-bond acceptors (Lipinski definition) is 2. The molecule has 1 aromatic rings. The van der Waals surface area contributed by atoms with Crippen molar-refractivity contribution in [2.75, 3.05) is 20.3 Å². The first-order valence-electron chi connectivity index (χ1n) is 5.27. The van der Waals surface area contributed by atoms with Crippen LogP contribution in [0.2, 0.25) is 0 Å². The highest BCUT2D eigenvalue weighted by Gasteiger charge is 2.08. The molecule has 0 radical (unpaired) electrons. The van der Waals surface area contributed by atoms with E-state index in [1.54, 1.807) is 7.11 Å². The van der Waals surface area contributed by atoms with Gasteiger partial charge in [0.2, 0.25) is 0 Å². The summed E-state index contributed by atoms with van der Waals surface area (Å²) in [5.74, 6) is -0.696. The van der Waals surface area contributed by atoms with Gasteiger partial charge in [-0.2, -0.15) is 0 Å². The number of hydrogen-bond donors (Lipinski definition) is 1. The summed E-state index contributed by atoms with van der Waals surface area (Å²) >= 11 is 0. The molecule has 0 aliphatic carbocycles. The smallest absolute Gasteiger partial charge is 0.130 e. The molecule has 0 spiro atoms. The first-order valence-corrected chi connectivity index (χ1v) is 5.27. The summed E-state index contributed by atoms with van der Waals surface area (Å²) in [6, 6.07) is 3.89. The van der Waals surface area contributed by atoms with Crippen LogP contribution in [0.5, 0.6) is 0 Å². The van der Waals surface area contributed by atoms with Crippen molar-refractivity contribution >= 4 is 0 Å². The summed E-state index contributed by atoms with van der Waals surface area (Å²) in [5, 5.41) is 3.01. The van der Waals surface area contributed by atoms with Crippen LogP contribution in [0.15, 0.2) is 18.2 Å². The van der Waals surface area contributed by atoms with E-state index in [9.17, 15) is 8.78 Å². The van der Waals surface area contributed by atoms with Crippen LogP contribution >= 0.6 is 0 Å². The Morgan fingerprint density at radius 3 is 2.50 bits per heavy atom. The molecule has 1 atom stereocenters. The van der Waals surface area contributed by atoms with Crippen molar-refractivity contribution in [1.82, 2.24) is 5.32 Å². The van der Waals surface area contributed by atoms with E-state index in [0.717, 1.165) is 0 Å². The summed E-state index contributed by atoms with van der Waals surface area (Å²) in [7, 11) is 1.63. The molecule has 1 N–H and O–H groups in total. The third-order valence-corrected chi connectivity index (χ3v) is 2.31. The maximum atomic E-state index is 13.2. The fraction of sp³-hybridized carbons (Fsp3) is 0.500. The van der Waals surface area contributed by atoms with E-state index in [4.69, 9.17) is 4.74 Å². The van der Waals surface area contributed by atoms with Crippen molar-refractivity contribution in [3.05, 3.63) is 35.4 Å². The summed E-state index contributed by atoms with van der Waals surface area (Å²) in [5.41, 5.74) is 0.0899. The second-order valence-corrected chi connectivity index (χ2v) is 3.89. The molecular formula is C12H17F2NO. The minimum absolute atomic E-state index is 0.0899. The molecule has 0 aliphatic heterocycles. The van der Waals surface area contributed by atoms with Gasteiger partial charge in [-0.3, -0.25) is 0 Å². The highest BCUT2D eigenvalue weighted by Crippen LogP contribution is 2.11. The Balaban J connectivity index is 2.43. The topological polar surface area (TPSA) is 21.3 Å². The van der Waals surface area contributed by atoms with E-state index in [1.807, 2.05) is 6.92 Å². The Kier molecular flexibility index (Phi) is 5.35. The molecule has 0 heterocycles. The van der Waals surface area contributed by atoms with Crippen LogP contribution in [0.1, 0.15) is 12.5 Å². The fourth-order valence-electron chi connectivity index (χ4n) is 1.49. The van der Waals surface area contributed by atoms with E-state index in [2.05, 4.69) is 5.32 Å². The first-order chi connectivity index (χ1) is 7.65. The SMILES string of the molecule is COCC(C)CNCc1c(F)cccc1F. The maximum absolute atomic E-state index is 13.2. The first kappa shape index (κ1) is 13.1. The lowest BCUT2D eigenvalue weighted by Crippen LogP contribution is -2.24. The van der Waals surface area contributed by atoms with Crippen molar-refractivity contribution in [3.8, 4) is 0 Å². The number of ether oxygens (including phenoxy) is 1. The number of benzene rings is 1. The quantitative estimate of drug-likeness (QED) is 0.808.